The van der Waals surface area contributed by atoms with E-state index in [-0.39, 0.29) is 38.1 Å². The average molecular weight is 895 g/mol. The Morgan fingerprint density at radius 3 is 2.21 bits per heavy atom. The van der Waals surface area contributed by atoms with Gasteiger partial charge in [-0.15, -0.1) is 11.8 Å². The van der Waals surface area contributed by atoms with Crippen LogP contribution in [0, 0.1) is 11.8 Å². The van der Waals surface area contributed by atoms with E-state index in [1.807, 2.05) is 13.0 Å². The van der Waals surface area contributed by atoms with E-state index in [0.29, 0.717) is 40.8 Å². The summed E-state index contributed by atoms with van der Waals surface area (Å²) in [4.78, 5) is 132. The number of aliphatic hydroxyl groups is 1. The number of rotatable bonds is 6. The molecule has 1 aromatic carbocycles. The number of nitrogens with one attached hydrogen (secondary N) is 7. The highest BCUT2D eigenvalue weighted by Gasteiger charge is 2.45. The first-order chi connectivity index (χ1) is 30.0. The fourth-order valence-corrected chi connectivity index (χ4v) is 9.72. The normalized spacial score (nSPS) is 29.3. The molecular formula is C42H58N10O10S. The Kier molecular flexibility index (Phi) is 15.0. The number of aromatic nitrogens is 1. The smallest absolute Gasteiger partial charge is 0.246 e. The van der Waals surface area contributed by atoms with E-state index in [4.69, 9.17) is 5.73 Å². The molecular weight excluding hydrogens is 837 g/mol. The summed E-state index contributed by atoms with van der Waals surface area (Å²) in [6.07, 6.45) is -0.684. The van der Waals surface area contributed by atoms with Crippen LogP contribution in [0.5, 0.6) is 0 Å². The lowest BCUT2D eigenvalue weighted by atomic mass is 9.96. The van der Waals surface area contributed by atoms with Gasteiger partial charge in [0.15, 0.2) is 0 Å². The molecule has 1 aromatic heterocycles. The Balaban J connectivity index is 1.51. The summed E-state index contributed by atoms with van der Waals surface area (Å²) < 4.78 is 0. The first-order valence-electron chi connectivity index (χ1n) is 21.6. The third-order valence-corrected chi connectivity index (χ3v) is 13.7. The molecule has 2 fully saturated rings. The number of carbonyl (C=O) groups excluding carboxylic acids is 9. The number of hydrogen-bond donors (Lipinski definition) is 9. The number of amides is 9. The van der Waals surface area contributed by atoms with Crippen molar-refractivity contribution in [3.63, 3.8) is 0 Å². The molecule has 342 valence electrons. The van der Waals surface area contributed by atoms with Gasteiger partial charge in [0.2, 0.25) is 53.2 Å². The van der Waals surface area contributed by atoms with Gasteiger partial charge in [-0.05, 0) is 36.3 Å². The maximum Gasteiger partial charge on any atom is 0.246 e. The number of hydrogen-bond acceptors (Lipinski definition) is 11. The van der Waals surface area contributed by atoms with E-state index in [0.717, 1.165) is 16.7 Å². The van der Waals surface area contributed by atoms with Crippen LogP contribution in [0.15, 0.2) is 29.3 Å². The maximum absolute atomic E-state index is 14.5. The number of thioether (sulfide) groups is 1. The number of fused-ring (bicyclic) bond motifs is 6. The topological polar surface area (TPSA) is 294 Å². The molecule has 2 saturated heterocycles. The van der Waals surface area contributed by atoms with Crippen molar-refractivity contribution in [3.8, 4) is 0 Å². The second kappa shape index (κ2) is 20.2. The lowest BCUT2D eigenvalue weighted by molar-refractivity contribution is -0.144. The summed E-state index contributed by atoms with van der Waals surface area (Å²) in [6.45, 7) is 6.42. The molecule has 6 rings (SSSR count). The number of carbonyl (C=O) groups is 9. The summed E-state index contributed by atoms with van der Waals surface area (Å²) >= 11 is 1.11. The lowest BCUT2D eigenvalue weighted by Crippen LogP contribution is -2.62. The van der Waals surface area contributed by atoms with E-state index in [2.05, 4.69) is 36.9 Å². The fraction of sp³-hybridized carbons (Fsp3) is 0.595. The van der Waals surface area contributed by atoms with E-state index in [1.54, 1.807) is 39.0 Å². The van der Waals surface area contributed by atoms with Gasteiger partial charge >= 0.3 is 0 Å². The fourth-order valence-electron chi connectivity index (χ4n) is 8.60. The molecule has 10 atom stereocenters. The summed E-state index contributed by atoms with van der Waals surface area (Å²) in [5.41, 5.74) is 6.79. The third-order valence-electron chi connectivity index (χ3n) is 12.6. The number of nitrogens with two attached hydrogens (primary N) is 1. The molecule has 4 aliphatic heterocycles. The maximum atomic E-state index is 14.5. The summed E-state index contributed by atoms with van der Waals surface area (Å²) in [5.74, 6) is -7.98. The van der Waals surface area contributed by atoms with Crippen LogP contribution in [0.2, 0.25) is 0 Å². The van der Waals surface area contributed by atoms with Crippen molar-refractivity contribution in [3.05, 3.63) is 29.8 Å². The molecule has 0 spiro atoms. The molecule has 4 aliphatic rings. The lowest BCUT2D eigenvalue weighted by Gasteiger charge is -2.33. The highest BCUT2D eigenvalue weighted by atomic mass is 32.2. The van der Waals surface area contributed by atoms with Crippen molar-refractivity contribution < 1.29 is 48.3 Å². The van der Waals surface area contributed by atoms with Gasteiger partial charge in [-0.25, -0.2) is 0 Å². The Hall–Kier alpha value is -5.70. The van der Waals surface area contributed by atoms with Crippen LogP contribution in [-0.4, -0.2) is 147 Å². The van der Waals surface area contributed by atoms with Crippen LogP contribution < -0.4 is 37.6 Å². The van der Waals surface area contributed by atoms with Gasteiger partial charge < -0.3 is 57.5 Å². The predicted molar refractivity (Wildman–Crippen MR) is 229 cm³/mol. The minimum Gasteiger partial charge on any atom is -0.391 e. The van der Waals surface area contributed by atoms with Gasteiger partial charge in [0.1, 0.15) is 42.3 Å². The molecule has 21 heteroatoms. The molecule has 9 amide bonds. The third kappa shape index (κ3) is 10.6. The van der Waals surface area contributed by atoms with Crippen LogP contribution in [0.25, 0.3) is 10.9 Å². The number of primary amides is 1. The van der Waals surface area contributed by atoms with Crippen LogP contribution in [0.1, 0.15) is 71.8 Å². The van der Waals surface area contributed by atoms with Gasteiger partial charge in [-0.3, -0.25) is 43.2 Å². The van der Waals surface area contributed by atoms with Crippen molar-refractivity contribution >= 4 is 75.8 Å². The second-order valence-electron chi connectivity index (χ2n) is 17.0. The number of H-pyrrole nitrogens is 1. The molecule has 0 radical (unpaired) electrons. The van der Waals surface area contributed by atoms with Crippen molar-refractivity contribution in [2.75, 3.05) is 25.4 Å². The van der Waals surface area contributed by atoms with Gasteiger partial charge in [0.05, 0.1) is 24.1 Å². The highest BCUT2D eigenvalue weighted by molar-refractivity contribution is 7.99. The molecule has 10 N–H and O–H groups in total. The molecule has 2 aromatic rings. The minimum absolute atomic E-state index is 0.140. The molecule has 20 nitrogen and oxygen atoms in total. The Morgan fingerprint density at radius 1 is 0.810 bits per heavy atom. The molecule has 2 bridgehead atoms. The van der Waals surface area contributed by atoms with E-state index in [1.165, 1.54) is 4.90 Å². The Morgan fingerprint density at radius 2 is 1.49 bits per heavy atom. The minimum atomic E-state index is -1.63. The van der Waals surface area contributed by atoms with E-state index in [9.17, 15) is 48.3 Å². The number of aliphatic hydroxyl groups excluding tert-OH is 1. The van der Waals surface area contributed by atoms with Gasteiger partial charge in [-0.1, -0.05) is 58.7 Å². The molecule has 63 heavy (non-hydrogen) atoms. The second-order valence-corrected chi connectivity index (χ2v) is 18.0. The molecule has 0 saturated carbocycles. The predicted octanol–water partition coefficient (Wildman–Crippen LogP) is -1.71. The number of aromatic amines is 1. The van der Waals surface area contributed by atoms with Crippen molar-refractivity contribution in [1.82, 2.24) is 46.7 Å². The zero-order valence-electron chi connectivity index (χ0n) is 35.9. The molecule has 5 heterocycles. The zero-order chi connectivity index (χ0) is 45.7. The highest BCUT2D eigenvalue weighted by Crippen LogP contribution is 2.32. The zero-order valence-corrected chi connectivity index (χ0v) is 36.7. The first kappa shape index (κ1) is 46.8. The van der Waals surface area contributed by atoms with Crippen LogP contribution in [0.4, 0.5) is 0 Å². The SMILES string of the molecule is CC[C@H](C)[C@@H]1NC(=O)[C@@H]2C[C@@H](O)CN2C(=O)[C@H](CC(N)=O)NC(=O)[C@@H]2CSc3[nH]c4ccccc4c3C[C@H](NC1=O)C(=O)NCC(=O)N[C@@H]([C@@H](C)CC)C(=O)N1CCC[C@@H]1C(=O)N2. The van der Waals surface area contributed by atoms with Gasteiger partial charge in [-0.2, -0.15) is 0 Å². The summed E-state index contributed by atoms with van der Waals surface area (Å²) in [6, 6.07) is -1.91. The quantitative estimate of drug-likeness (QED) is 0.157. The number of para-hydroxylation sites is 1. The Bertz CT molecular complexity index is 2130. The standard InChI is InChI=1S/C42H58N10O10S/c1-5-20(3)33-39(60)45-26-15-24-23-10-7-8-11-25(23)48-40(24)63-19-28(36(57)46-27(16-31(43)54)41(61)52-18-22(53)14-30(52)38(59)50-33)47-37(58)29-12-9-13-51(29)42(62)34(21(4)6-2)49-32(55)17-44-35(26)56/h7-8,10-11,20-22,26-30,33-34,48,53H,5-6,9,12-19H2,1-4H3,(H2,43,54)(H,44,56)(H,45,60)(H,46,57)(H,47,58)(H,49,55)(H,50,59)/t20-,21-,22+,26-,27-,28-,29+,30-,33-,34-/m0/s1. The monoisotopic (exact) mass is 894 g/mol. The number of nitrogens with zero attached hydrogens (tertiary/aromatic N) is 2. The summed E-state index contributed by atoms with van der Waals surface area (Å²) in [7, 11) is 0. The molecule has 0 aliphatic carbocycles. The van der Waals surface area contributed by atoms with Gasteiger partial charge in [0, 0.05) is 42.6 Å². The summed E-state index contributed by atoms with van der Waals surface area (Å²) in [5, 5.41) is 28.2. The van der Waals surface area contributed by atoms with E-state index >= 15 is 0 Å². The molecule has 0 unspecified atom stereocenters. The van der Waals surface area contributed by atoms with Crippen LogP contribution in [-0.2, 0) is 49.6 Å². The van der Waals surface area contributed by atoms with Gasteiger partial charge in [0.25, 0.3) is 0 Å². The van der Waals surface area contributed by atoms with Crippen molar-refractivity contribution in [2.45, 2.75) is 126 Å². The van der Waals surface area contributed by atoms with E-state index < -0.39 is 126 Å². The van der Waals surface area contributed by atoms with Crippen LogP contribution in [0.3, 0.4) is 0 Å². The van der Waals surface area contributed by atoms with Crippen molar-refractivity contribution in [1.29, 1.82) is 0 Å². The number of benzene rings is 1. The largest absolute Gasteiger partial charge is 0.391 e. The van der Waals surface area contributed by atoms with Crippen molar-refractivity contribution in [2.24, 2.45) is 17.6 Å². The average Bonchev–Trinajstić information content (AvgIpc) is 4.00. The Labute approximate surface area is 368 Å². The first-order valence-corrected chi connectivity index (χ1v) is 22.6. The van der Waals surface area contributed by atoms with Crippen LogP contribution >= 0.6 is 11.8 Å².